The van der Waals surface area contributed by atoms with Gasteiger partial charge in [0, 0.05) is 5.56 Å². The van der Waals surface area contributed by atoms with E-state index in [-0.39, 0.29) is 5.82 Å². The monoisotopic (exact) mass is 182 g/mol. The Kier molecular flexibility index (Phi) is 3.23. The second-order valence-corrected chi connectivity index (χ2v) is 3.14. The zero-order chi connectivity index (χ0) is 9.84. The summed E-state index contributed by atoms with van der Waals surface area (Å²) < 4.78 is 12.9. The predicted octanol–water partition coefficient (Wildman–Crippen LogP) is 2.71. The maximum Gasteiger partial charge on any atom is 0.141 e. The van der Waals surface area contributed by atoms with Crippen LogP contribution in [0.4, 0.5) is 10.2 Å². The van der Waals surface area contributed by atoms with Crippen LogP contribution in [-0.2, 0) is 0 Å². The minimum absolute atomic E-state index is 0.309. The summed E-state index contributed by atoms with van der Waals surface area (Å²) in [5, 5.41) is 0. The second kappa shape index (κ2) is 4.21. The molecule has 0 aliphatic carbocycles. The molecule has 3 heteroatoms. The van der Waals surface area contributed by atoms with Gasteiger partial charge < -0.3 is 5.73 Å². The summed E-state index contributed by atoms with van der Waals surface area (Å²) >= 11 is 0. The molecule has 1 aromatic rings. The number of nitrogens with two attached hydrogens (primary N) is 1. The topological polar surface area (TPSA) is 38.9 Å². The minimum Gasteiger partial charge on any atom is -0.383 e. The quantitative estimate of drug-likeness (QED) is 0.780. The number of rotatable bonds is 3. The number of nitrogens with zero attached hydrogens (tertiary/aromatic N) is 1. The lowest BCUT2D eigenvalue weighted by Gasteiger charge is -2.14. The fraction of sp³-hybridized carbons (Fsp3) is 0.500. The van der Waals surface area contributed by atoms with Crippen molar-refractivity contribution in [1.82, 2.24) is 4.98 Å². The Balaban J connectivity index is 3.03. The predicted molar refractivity (Wildman–Crippen MR) is 51.9 cm³/mol. The third-order valence-corrected chi connectivity index (χ3v) is 2.34. The van der Waals surface area contributed by atoms with E-state index in [1.54, 1.807) is 0 Å². The molecule has 1 aromatic heterocycles. The van der Waals surface area contributed by atoms with E-state index in [4.69, 9.17) is 5.73 Å². The largest absolute Gasteiger partial charge is 0.383 e. The molecule has 0 saturated carbocycles. The Hall–Kier alpha value is -1.12. The van der Waals surface area contributed by atoms with Crippen molar-refractivity contribution >= 4 is 5.82 Å². The fourth-order valence-corrected chi connectivity index (χ4v) is 1.52. The lowest BCUT2D eigenvalue weighted by molar-refractivity contribution is 0.599. The number of pyridine rings is 1. The van der Waals surface area contributed by atoms with Gasteiger partial charge in [0.2, 0.25) is 0 Å². The van der Waals surface area contributed by atoms with E-state index in [0.29, 0.717) is 11.7 Å². The molecular formula is C10H15FN2. The van der Waals surface area contributed by atoms with Crippen LogP contribution in [0.25, 0.3) is 0 Å². The summed E-state index contributed by atoms with van der Waals surface area (Å²) in [6, 6.07) is 1.49. The highest BCUT2D eigenvalue weighted by Crippen LogP contribution is 2.26. The molecule has 0 unspecified atom stereocenters. The molecule has 1 rings (SSSR count). The van der Waals surface area contributed by atoms with Gasteiger partial charge in [0.25, 0.3) is 0 Å². The number of nitrogen functional groups attached to an aromatic ring is 1. The van der Waals surface area contributed by atoms with Crippen molar-refractivity contribution in [3.05, 3.63) is 23.6 Å². The van der Waals surface area contributed by atoms with Crippen molar-refractivity contribution in [3.8, 4) is 0 Å². The number of hydrogen-bond acceptors (Lipinski definition) is 2. The highest BCUT2D eigenvalue weighted by Gasteiger charge is 2.11. The van der Waals surface area contributed by atoms with Crippen LogP contribution >= 0.6 is 0 Å². The van der Waals surface area contributed by atoms with Gasteiger partial charge in [-0.15, -0.1) is 0 Å². The smallest absolute Gasteiger partial charge is 0.141 e. The molecule has 13 heavy (non-hydrogen) atoms. The lowest BCUT2D eigenvalue weighted by atomic mass is 9.94. The molecule has 2 N–H and O–H groups in total. The second-order valence-electron chi connectivity index (χ2n) is 3.14. The van der Waals surface area contributed by atoms with Crippen LogP contribution in [0.1, 0.15) is 38.2 Å². The molecule has 0 radical (unpaired) electrons. The van der Waals surface area contributed by atoms with E-state index in [1.165, 1.54) is 6.07 Å². The normalized spacial score (nSPS) is 10.8. The molecule has 0 amide bonds. The minimum atomic E-state index is -0.309. The molecular weight excluding hydrogens is 167 g/mol. The molecule has 0 aliphatic heterocycles. The summed E-state index contributed by atoms with van der Waals surface area (Å²) in [4.78, 5) is 3.80. The van der Waals surface area contributed by atoms with Crippen molar-refractivity contribution in [1.29, 1.82) is 0 Å². The number of aromatic nitrogens is 1. The summed E-state index contributed by atoms with van der Waals surface area (Å²) in [5.41, 5.74) is 6.50. The SMILES string of the molecule is CCC(CC)c1cc(F)cnc1N. The Morgan fingerprint density at radius 1 is 1.46 bits per heavy atom. The molecule has 0 fully saturated rings. The molecule has 0 bridgehead atoms. The van der Waals surface area contributed by atoms with Gasteiger partial charge in [-0.05, 0) is 24.8 Å². The molecule has 72 valence electrons. The first-order chi connectivity index (χ1) is 6.19. The van der Waals surface area contributed by atoms with Gasteiger partial charge in [0.1, 0.15) is 11.6 Å². The van der Waals surface area contributed by atoms with E-state index in [1.807, 2.05) is 0 Å². The first-order valence-corrected chi connectivity index (χ1v) is 4.59. The van der Waals surface area contributed by atoms with Gasteiger partial charge in [-0.2, -0.15) is 0 Å². The van der Waals surface area contributed by atoms with Crippen LogP contribution in [-0.4, -0.2) is 4.98 Å². The highest BCUT2D eigenvalue weighted by molar-refractivity contribution is 5.41. The standard InChI is InChI=1S/C10H15FN2/c1-3-7(4-2)9-5-8(11)6-13-10(9)12/h5-7H,3-4H2,1-2H3,(H2,12,13). The van der Waals surface area contributed by atoms with Gasteiger partial charge in [0.05, 0.1) is 6.20 Å². The Labute approximate surface area is 78.0 Å². The number of anilines is 1. The third kappa shape index (κ3) is 2.17. The van der Waals surface area contributed by atoms with Crippen molar-refractivity contribution in [2.75, 3.05) is 5.73 Å². The van der Waals surface area contributed by atoms with Crippen LogP contribution in [0, 0.1) is 5.82 Å². The van der Waals surface area contributed by atoms with Gasteiger partial charge in [-0.1, -0.05) is 13.8 Å². The van der Waals surface area contributed by atoms with E-state index in [9.17, 15) is 4.39 Å². The van der Waals surface area contributed by atoms with Crippen LogP contribution in [0.3, 0.4) is 0 Å². The molecule has 0 atom stereocenters. The van der Waals surface area contributed by atoms with Crippen LogP contribution in [0.15, 0.2) is 12.3 Å². The Bertz CT molecular complexity index is 282. The highest BCUT2D eigenvalue weighted by atomic mass is 19.1. The summed E-state index contributed by atoms with van der Waals surface area (Å²) in [6.07, 6.45) is 3.08. The molecule has 1 heterocycles. The number of halogens is 1. The van der Waals surface area contributed by atoms with Crippen molar-refractivity contribution in [3.63, 3.8) is 0 Å². The maximum atomic E-state index is 12.9. The maximum absolute atomic E-state index is 12.9. The first kappa shape index (κ1) is 9.96. The van der Waals surface area contributed by atoms with Crippen molar-refractivity contribution in [2.45, 2.75) is 32.6 Å². The third-order valence-electron chi connectivity index (χ3n) is 2.34. The number of hydrogen-bond donors (Lipinski definition) is 1. The van der Waals surface area contributed by atoms with Crippen molar-refractivity contribution < 1.29 is 4.39 Å². The molecule has 0 aromatic carbocycles. The van der Waals surface area contributed by atoms with E-state index in [2.05, 4.69) is 18.8 Å². The molecule has 0 saturated heterocycles. The summed E-state index contributed by atoms with van der Waals surface area (Å²) in [6.45, 7) is 4.14. The van der Waals surface area contributed by atoms with Gasteiger partial charge in [-0.25, -0.2) is 9.37 Å². The van der Waals surface area contributed by atoms with Crippen LogP contribution < -0.4 is 5.73 Å². The average molecular weight is 182 g/mol. The van der Waals surface area contributed by atoms with Gasteiger partial charge in [0.15, 0.2) is 0 Å². The first-order valence-electron chi connectivity index (χ1n) is 4.59. The van der Waals surface area contributed by atoms with Crippen molar-refractivity contribution in [2.24, 2.45) is 0 Å². The molecule has 2 nitrogen and oxygen atoms in total. The van der Waals surface area contributed by atoms with Crippen LogP contribution in [0.5, 0.6) is 0 Å². The lowest BCUT2D eigenvalue weighted by Crippen LogP contribution is -2.03. The Morgan fingerprint density at radius 3 is 2.62 bits per heavy atom. The Morgan fingerprint density at radius 2 is 2.08 bits per heavy atom. The average Bonchev–Trinajstić information content (AvgIpc) is 2.13. The molecule has 0 spiro atoms. The zero-order valence-electron chi connectivity index (χ0n) is 8.05. The van der Waals surface area contributed by atoms with E-state index < -0.39 is 0 Å². The zero-order valence-corrected chi connectivity index (χ0v) is 8.05. The summed E-state index contributed by atoms with van der Waals surface area (Å²) in [7, 11) is 0. The summed E-state index contributed by atoms with van der Waals surface area (Å²) in [5.74, 6) is 0.467. The molecule has 0 aliphatic rings. The van der Waals surface area contributed by atoms with Crippen LogP contribution in [0.2, 0.25) is 0 Å². The van der Waals surface area contributed by atoms with Gasteiger partial charge in [-0.3, -0.25) is 0 Å². The van der Waals surface area contributed by atoms with E-state index >= 15 is 0 Å². The van der Waals surface area contributed by atoms with E-state index in [0.717, 1.165) is 24.6 Å². The fourth-order valence-electron chi connectivity index (χ4n) is 1.52. The van der Waals surface area contributed by atoms with Gasteiger partial charge >= 0.3 is 0 Å².